The first-order valence-corrected chi connectivity index (χ1v) is 10.4. The number of rotatable bonds is 10. The van der Waals surface area contributed by atoms with Crippen molar-refractivity contribution in [2.75, 3.05) is 0 Å². The average Bonchev–Trinajstić information content (AvgIpc) is 2.76. The van der Waals surface area contributed by atoms with Gasteiger partial charge in [0, 0.05) is 11.6 Å². The summed E-state index contributed by atoms with van der Waals surface area (Å²) in [6, 6.07) is 22.1. The van der Waals surface area contributed by atoms with Gasteiger partial charge in [0.05, 0.1) is 0 Å². The van der Waals surface area contributed by atoms with Crippen molar-refractivity contribution in [3.05, 3.63) is 94.5 Å². The normalized spacial score (nSPS) is 10.6. The molecule has 0 bridgehead atoms. The molecular weight excluding hydrogens is 372 g/mol. The summed E-state index contributed by atoms with van der Waals surface area (Å²) in [4.78, 5) is 0. The fourth-order valence-electron chi connectivity index (χ4n) is 3.12. The molecule has 0 unspecified atom stereocenters. The Morgan fingerprint density at radius 2 is 1.33 bits per heavy atom. The van der Waals surface area contributed by atoms with Crippen LogP contribution in [-0.4, -0.2) is 5.84 Å². The van der Waals surface area contributed by atoms with Crippen LogP contribution in [0.4, 0.5) is 0 Å². The highest BCUT2D eigenvalue weighted by Gasteiger charge is 2.06. The van der Waals surface area contributed by atoms with Crippen LogP contribution in [0.1, 0.15) is 47.6 Å². The monoisotopic (exact) mass is 402 g/mol. The highest BCUT2D eigenvalue weighted by molar-refractivity contribution is 5.94. The van der Waals surface area contributed by atoms with Crippen molar-refractivity contribution in [3.8, 4) is 11.5 Å². The Balaban J connectivity index is 1.69. The first-order chi connectivity index (χ1) is 14.5. The van der Waals surface area contributed by atoms with Crippen molar-refractivity contribution in [1.82, 2.24) is 0 Å². The summed E-state index contributed by atoms with van der Waals surface area (Å²) in [6.07, 6.45) is 3.28. The number of unbranched alkanes of at least 4 members (excludes halogenated alkanes) is 1. The number of amidine groups is 1. The number of ether oxygens (including phenoxy) is 2. The molecule has 3 aromatic carbocycles. The summed E-state index contributed by atoms with van der Waals surface area (Å²) in [6.45, 7) is 5.26. The van der Waals surface area contributed by atoms with Crippen molar-refractivity contribution < 1.29 is 9.47 Å². The Kier molecular flexibility index (Phi) is 7.50. The van der Waals surface area contributed by atoms with E-state index >= 15 is 0 Å². The lowest BCUT2D eigenvalue weighted by atomic mass is 10.1. The maximum absolute atomic E-state index is 7.49. The number of nitrogen functional groups attached to an aromatic ring is 1. The minimum absolute atomic E-state index is 0.0708. The molecule has 0 saturated carbocycles. The molecule has 0 spiro atoms. The van der Waals surface area contributed by atoms with Gasteiger partial charge in [-0.05, 0) is 48.6 Å². The molecule has 0 atom stereocenters. The van der Waals surface area contributed by atoms with E-state index in [9.17, 15) is 0 Å². The number of hydrogen-bond acceptors (Lipinski definition) is 3. The summed E-state index contributed by atoms with van der Waals surface area (Å²) in [5.41, 5.74) is 10.9. The van der Waals surface area contributed by atoms with Crippen LogP contribution in [0.25, 0.3) is 0 Å². The van der Waals surface area contributed by atoms with Crippen LogP contribution in [0.15, 0.2) is 66.7 Å². The van der Waals surface area contributed by atoms with Crippen molar-refractivity contribution in [1.29, 1.82) is 5.41 Å². The molecule has 4 nitrogen and oxygen atoms in total. The molecule has 0 saturated heterocycles. The second kappa shape index (κ2) is 10.5. The molecule has 0 aliphatic rings. The second-order valence-corrected chi connectivity index (χ2v) is 7.59. The van der Waals surface area contributed by atoms with Crippen LogP contribution in [0.2, 0.25) is 0 Å². The van der Waals surface area contributed by atoms with Crippen molar-refractivity contribution in [2.45, 2.75) is 46.3 Å². The summed E-state index contributed by atoms with van der Waals surface area (Å²) >= 11 is 0. The van der Waals surface area contributed by atoms with E-state index in [0.29, 0.717) is 18.8 Å². The lowest BCUT2D eigenvalue weighted by Crippen LogP contribution is -2.10. The van der Waals surface area contributed by atoms with Gasteiger partial charge < -0.3 is 15.2 Å². The van der Waals surface area contributed by atoms with Crippen molar-refractivity contribution >= 4 is 5.84 Å². The van der Waals surface area contributed by atoms with Gasteiger partial charge in [-0.1, -0.05) is 67.4 Å². The van der Waals surface area contributed by atoms with E-state index in [1.54, 1.807) is 0 Å². The van der Waals surface area contributed by atoms with E-state index in [1.807, 2.05) is 30.3 Å². The largest absolute Gasteiger partial charge is 0.489 e. The first kappa shape index (κ1) is 21.4. The third kappa shape index (κ3) is 6.38. The second-order valence-electron chi connectivity index (χ2n) is 7.59. The molecule has 3 rings (SSSR count). The van der Waals surface area contributed by atoms with Crippen LogP contribution >= 0.6 is 0 Å². The summed E-state index contributed by atoms with van der Waals surface area (Å²) < 4.78 is 12.1. The molecular formula is C26H30N2O2. The number of benzene rings is 3. The molecule has 0 radical (unpaired) electrons. The fourth-order valence-corrected chi connectivity index (χ4v) is 3.12. The van der Waals surface area contributed by atoms with Crippen molar-refractivity contribution in [3.63, 3.8) is 0 Å². The zero-order valence-corrected chi connectivity index (χ0v) is 17.8. The quantitative estimate of drug-likeness (QED) is 0.334. The topological polar surface area (TPSA) is 68.3 Å². The highest BCUT2D eigenvalue weighted by Crippen LogP contribution is 2.26. The minimum atomic E-state index is 0.0708. The highest BCUT2D eigenvalue weighted by atomic mass is 16.5. The predicted octanol–water partition coefficient (Wildman–Crippen LogP) is 5.78. The van der Waals surface area contributed by atoms with E-state index in [1.165, 1.54) is 11.1 Å². The van der Waals surface area contributed by atoms with Crippen LogP contribution in [0, 0.1) is 12.3 Å². The van der Waals surface area contributed by atoms with Gasteiger partial charge in [-0.15, -0.1) is 0 Å². The first-order valence-electron chi connectivity index (χ1n) is 10.4. The molecule has 0 heterocycles. The Labute approximate surface area is 179 Å². The predicted molar refractivity (Wildman–Crippen MR) is 122 cm³/mol. The molecule has 0 aliphatic carbocycles. The summed E-state index contributed by atoms with van der Waals surface area (Å²) in [5.74, 6) is 1.70. The fraction of sp³-hybridized carbons (Fsp3) is 0.269. The van der Waals surface area contributed by atoms with Gasteiger partial charge in [0.1, 0.15) is 30.5 Å². The van der Waals surface area contributed by atoms with Gasteiger partial charge in [-0.25, -0.2) is 0 Å². The van der Waals surface area contributed by atoms with Crippen molar-refractivity contribution in [2.24, 2.45) is 5.73 Å². The molecule has 3 aromatic rings. The van der Waals surface area contributed by atoms with E-state index in [0.717, 1.165) is 41.9 Å². The number of hydrogen-bond donors (Lipinski definition) is 2. The Morgan fingerprint density at radius 3 is 1.83 bits per heavy atom. The van der Waals surface area contributed by atoms with E-state index in [4.69, 9.17) is 20.6 Å². The molecule has 0 aliphatic heterocycles. The molecule has 0 amide bonds. The number of nitrogens with two attached hydrogens (primary N) is 1. The zero-order chi connectivity index (χ0) is 21.3. The smallest absolute Gasteiger partial charge is 0.123 e. The number of nitrogens with one attached hydrogen (secondary N) is 1. The molecule has 30 heavy (non-hydrogen) atoms. The van der Waals surface area contributed by atoms with Gasteiger partial charge in [-0.3, -0.25) is 5.41 Å². The maximum Gasteiger partial charge on any atom is 0.123 e. The van der Waals surface area contributed by atoms with E-state index in [-0.39, 0.29) is 5.84 Å². The summed E-state index contributed by atoms with van der Waals surface area (Å²) in [5, 5.41) is 7.49. The lowest BCUT2D eigenvalue weighted by Gasteiger charge is -2.13. The van der Waals surface area contributed by atoms with Gasteiger partial charge >= 0.3 is 0 Å². The standard InChI is InChI=1S/C26H30N2O2/c1-3-4-5-22-14-24(29-17-20-8-6-19(2)7-9-20)16-25(15-22)30-18-21-10-12-23(13-11-21)26(27)28/h6-16H,3-5,17-18H2,1-2H3,(H3,27,28). The molecule has 4 heteroatoms. The third-order valence-corrected chi connectivity index (χ3v) is 4.96. The Bertz CT molecular complexity index is 963. The zero-order valence-electron chi connectivity index (χ0n) is 17.8. The van der Waals surface area contributed by atoms with Gasteiger partial charge in [0.2, 0.25) is 0 Å². The molecule has 156 valence electrons. The number of aryl methyl sites for hydroxylation is 2. The summed E-state index contributed by atoms with van der Waals surface area (Å²) in [7, 11) is 0. The van der Waals surface area contributed by atoms with Crippen LogP contribution in [-0.2, 0) is 19.6 Å². The Hall–Kier alpha value is -3.27. The SMILES string of the molecule is CCCCc1cc(OCc2ccc(C)cc2)cc(OCc2ccc(C(=N)N)cc2)c1. The van der Waals surface area contributed by atoms with Crippen LogP contribution < -0.4 is 15.2 Å². The van der Waals surface area contributed by atoms with Gasteiger partial charge in [-0.2, -0.15) is 0 Å². The maximum atomic E-state index is 7.49. The van der Waals surface area contributed by atoms with E-state index < -0.39 is 0 Å². The molecule has 0 fully saturated rings. The van der Waals surface area contributed by atoms with Gasteiger partial charge in [0.15, 0.2) is 0 Å². The average molecular weight is 403 g/mol. The Morgan fingerprint density at radius 1 is 0.800 bits per heavy atom. The lowest BCUT2D eigenvalue weighted by molar-refractivity contribution is 0.289. The minimum Gasteiger partial charge on any atom is -0.489 e. The van der Waals surface area contributed by atoms with Crippen LogP contribution in [0.5, 0.6) is 11.5 Å². The van der Waals surface area contributed by atoms with Gasteiger partial charge in [0.25, 0.3) is 0 Å². The third-order valence-electron chi connectivity index (χ3n) is 4.96. The molecule has 3 N–H and O–H groups in total. The van der Waals surface area contributed by atoms with Crippen LogP contribution in [0.3, 0.4) is 0 Å². The molecule has 0 aromatic heterocycles. The van der Waals surface area contributed by atoms with E-state index in [2.05, 4.69) is 50.2 Å².